The molecule has 1 aromatic rings. The highest BCUT2D eigenvalue weighted by Gasteiger charge is 2.18. The molecule has 13 heavy (non-hydrogen) atoms. The Kier molecular flexibility index (Phi) is 3.94. The van der Waals surface area contributed by atoms with E-state index < -0.39 is 0 Å². The topological polar surface area (TPSA) is 12.9 Å². The predicted octanol–water partition coefficient (Wildman–Crippen LogP) is 3.68. The zero-order valence-corrected chi connectivity index (χ0v) is 8.88. The molecule has 0 bridgehead atoms. The SMILES string of the molecule is CC.Cc1ccc(C2CCC2)cn1. The summed E-state index contributed by atoms with van der Waals surface area (Å²) in [5, 5.41) is 0. The summed E-state index contributed by atoms with van der Waals surface area (Å²) in [6.07, 6.45) is 6.16. The summed E-state index contributed by atoms with van der Waals surface area (Å²) in [6.45, 7) is 6.03. The van der Waals surface area contributed by atoms with Gasteiger partial charge in [0.15, 0.2) is 0 Å². The minimum atomic E-state index is 0.822. The lowest BCUT2D eigenvalue weighted by molar-refractivity contribution is 0.419. The third-order valence-corrected chi connectivity index (χ3v) is 2.51. The van der Waals surface area contributed by atoms with Gasteiger partial charge in [-0.2, -0.15) is 0 Å². The van der Waals surface area contributed by atoms with Crippen molar-refractivity contribution in [3.05, 3.63) is 29.6 Å². The van der Waals surface area contributed by atoms with Crippen molar-refractivity contribution in [1.29, 1.82) is 0 Å². The molecule has 0 unspecified atom stereocenters. The van der Waals surface area contributed by atoms with Crippen LogP contribution in [0.15, 0.2) is 18.3 Å². The molecule has 0 aromatic carbocycles. The van der Waals surface area contributed by atoms with E-state index >= 15 is 0 Å². The number of nitrogens with zero attached hydrogens (tertiary/aromatic N) is 1. The van der Waals surface area contributed by atoms with E-state index in [9.17, 15) is 0 Å². The first kappa shape index (κ1) is 10.2. The monoisotopic (exact) mass is 177 g/mol. The second-order valence-electron chi connectivity index (χ2n) is 3.36. The minimum absolute atomic E-state index is 0.822. The molecule has 0 N–H and O–H groups in total. The van der Waals surface area contributed by atoms with Gasteiger partial charge in [0.25, 0.3) is 0 Å². The summed E-state index contributed by atoms with van der Waals surface area (Å²) in [6, 6.07) is 4.32. The van der Waals surface area contributed by atoms with Crippen molar-refractivity contribution in [2.24, 2.45) is 0 Å². The fraction of sp³-hybridized carbons (Fsp3) is 0.583. The number of hydrogen-bond donors (Lipinski definition) is 0. The fourth-order valence-corrected chi connectivity index (χ4v) is 1.46. The van der Waals surface area contributed by atoms with Crippen LogP contribution >= 0.6 is 0 Å². The van der Waals surface area contributed by atoms with Gasteiger partial charge in [-0.25, -0.2) is 0 Å². The Labute approximate surface area is 81.2 Å². The van der Waals surface area contributed by atoms with Crippen LogP contribution in [0.1, 0.15) is 50.3 Å². The maximum Gasteiger partial charge on any atom is 0.0372 e. The number of aryl methyl sites for hydroxylation is 1. The van der Waals surface area contributed by atoms with E-state index in [0.29, 0.717) is 0 Å². The van der Waals surface area contributed by atoms with E-state index in [2.05, 4.69) is 17.1 Å². The zero-order valence-electron chi connectivity index (χ0n) is 8.88. The summed E-state index contributed by atoms with van der Waals surface area (Å²) < 4.78 is 0. The van der Waals surface area contributed by atoms with Crippen LogP contribution in [-0.2, 0) is 0 Å². The highest BCUT2D eigenvalue weighted by atomic mass is 14.7. The van der Waals surface area contributed by atoms with Gasteiger partial charge in [0, 0.05) is 11.9 Å². The number of pyridine rings is 1. The first-order valence-corrected chi connectivity index (χ1v) is 5.29. The smallest absolute Gasteiger partial charge is 0.0372 e. The van der Waals surface area contributed by atoms with Crippen LogP contribution in [0.25, 0.3) is 0 Å². The van der Waals surface area contributed by atoms with Crippen molar-refractivity contribution in [2.45, 2.75) is 46.0 Å². The van der Waals surface area contributed by atoms with Crippen molar-refractivity contribution in [1.82, 2.24) is 4.98 Å². The Morgan fingerprint density at radius 1 is 1.23 bits per heavy atom. The van der Waals surface area contributed by atoms with Crippen LogP contribution in [0, 0.1) is 6.92 Å². The van der Waals surface area contributed by atoms with Crippen LogP contribution in [0.5, 0.6) is 0 Å². The van der Waals surface area contributed by atoms with E-state index in [-0.39, 0.29) is 0 Å². The van der Waals surface area contributed by atoms with Gasteiger partial charge in [-0.1, -0.05) is 26.3 Å². The third-order valence-electron chi connectivity index (χ3n) is 2.51. The zero-order chi connectivity index (χ0) is 9.68. The highest BCUT2D eigenvalue weighted by Crippen LogP contribution is 2.35. The first-order chi connectivity index (χ1) is 6.36. The predicted molar refractivity (Wildman–Crippen MR) is 56.9 cm³/mol. The number of hydrogen-bond acceptors (Lipinski definition) is 1. The molecule has 1 aliphatic rings. The van der Waals surface area contributed by atoms with Gasteiger partial charge < -0.3 is 0 Å². The van der Waals surface area contributed by atoms with E-state index in [4.69, 9.17) is 0 Å². The van der Waals surface area contributed by atoms with E-state index in [1.54, 1.807) is 0 Å². The second-order valence-corrected chi connectivity index (χ2v) is 3.36. The molecule has 1 heterocycles. The van der Waals surface area contributed by atoms with Crippen LogP contribution in [-0.4, -0.2) is 4.98 Å². The molecule has 0 spiro atoms. The average Bonchev–Trinajstić information content (AvgIpc) is 2.09. The van der Waals surface area contributed by atoms with Crippen LogP contribution < -0.4 is 0 Å². The van der Waals surface area contributed by atoms with Gasteiger partial charge in [-0.05, 0) is 37.3 Å². The van der Waals surface area contributed by atoms with Gasteiger partial charge in [-0.3, -0.25) is 4.98 Å². The van der Waals surface area contributed by atoms with Crippen LogP contribution in [0.3, 0.4) is 0 Å². The Bertz CT molecular complexity index is 234. The van der Waals surface area contributed by atoms with Gasteiger partial charge in [0.1, 0.15) is 0 Å². The van der Waals surface area contributed by atoms with Crippen molar-refractivity contribution in [3.8, 4) is 0 Å². The molecule has 0 atom stereocenters. The molecule has 72 valence electrons. The van der Waals surface area contributed by atoms with Crippen molar-refractivity contribution in [3.63, 3.8) is 0 Å². The molecule has 0 radical (unpaired) electrons. The molecule has 0 saturated heterocycles. The average molecular weight is 177 g/mol. The minimum Gasteiger partial charge on any atom is -0.261 e. The standard InChI is InChI=1S/C10H13N.C2H6/c1-8-5-6-10(7-11-8)9-3-2-4-9;1-2/h5-7,9H,2-4H2,1H3;1-2H3. The lowest BCUT2D eigenvalue weighted by atomic mass is 9.81. The lowest BCUT2D eigenvalue weighted by Gasteiger charge is -2.25. The molecule has 0 amide bonds. The molecule has 0 aliphatic heterocycles. The van der Waals surface area contributed by atoms with Crippen molar-refractivity contribution in [2.75, 3.05) is 0 Å². The Balaban J connectivity index is 0.000000396. The van der Waals surface area contributed by atoms with E-state index in [1.807, 2.05) is 27.0 Å². The van der Waals surface area contributed by atoms with Crippen molar-refractivity contribution < 1.29 is 0 Å². The highest BCUT2D eigenvalue weighted by molar-refractivity contribution is 5.19. The van der Waals surface area contributed by atoms with Crippen molar-refractivity contribution >= 4 is 0 Å². The first-order valence-electron chi connectivity index (χ1n) is 5.29. The molecule has 1 aliphatic carbocycles. The summed E-state index contributed by atoms with van der Waals surface area (Å²) in [5.41, 5.74) is 2.55. The Morgan fingerprint density at radius 2 is 1.92 bits per heavy atom. The van der Waals surface area contributed by atoms with E-state index in [1.165, 1.54) is 24.8 Å². The van der Waals surface area contributed by atoms with Gasteiger partial charge in [0.05, 0.1) is 0 Å². The molecule has 1 nitrogen and oxygen atoms in total. The number of rotatable bonds is 1. The summed E-state index contributed by atoms with van der Waals surface area (Å²) in [4.78, 5) is 4.28. The maximum atomic E-state index is 4.28. The largest absolute Gasteiger partial charge is 0.261 e. The summed E-state index contributed by atoms with van der Waals surface area (Å²) in [5.74, 6) is 0.822. The molecule has 1 heteroatoms. The quantitative estimate of drug-likeness (QED) is 0.637. The Morgan fingerprint density at radius 3 is 2.31 bits per heavy atom. The summed E-state index contributed by atoms with van der Waals surface area (Å²) >= 11 is 0. The maximum absolute atomic E-state index is 4.28. The van der Waals surface area contributed by atoms with Gasteiger partial charge in [-0.15, -0.1) is 0 Å². The van der Waals surface area contributed by atoms with Crippen LogP contribution in [0.4, 0.5) is 0 Å². The van der Waals surface area contributed by atoms with Crippen LogP contribution in [0.2, 0.25) is 0 Å². The molecule has 2 rings (SSSR count). The molecular weight excluding hydrogens is 158 g/mol. The third kappa shape index (κ3) is 2.55. The normalized spacial score (nSPS) is 15.6. The molecule has 1 fully saturated rings. The molecular formula is C12H19N. The fourth-order valence-electron chi connectivity index (χ4n) is 1.46. The number of aromatic nitrogens is 1. The van der Waals surface area contributed by atoms with E-state index in [0.717, 1.165) is 11.6 Å². The Hall–Kier alpha value is -0.850. The van der Waals surface area contributed by atoms with Gasteiger partial charge >= 0.3 is 0 Å². The summed E-state index contributed by atoms with van der Waals surface area (Å²) in [7, 11) is 0. The lowest BCUT2D eigenvalue weighted by Crippen LogP contribution is -2.08. The van der Waals surface area contributed by atoms with Gasteiger partial charge in [0.2, 0.25) is 0 Å². The second kappa shape index (κ2) is 5.00. The molecule has 1 saturated carbocycles. The molecule has 1 aromatic heterocycles.